The Morgan fingerprint density at radius 3 is 2.53 bits per heavy atom. The first-order valence-corrected chi connectivity index (χ1v) is 10.4. The molecule has 0 atom stereocenters. The van der Waals surface area contributed by atoms with Gasteiger partial charge in [0, 0.05) is 47.9 Å². The summed E-state index contributed by atoms with van der Waals surface area (Å²) < 4.78 is 75.4. The van der Waals surface area contributed by atoms with Gasteiger partial charge in [-0.15, -0.1) is 0 Å². The molecule has 12 heteroatoms. The molecule has 0 aliphatic carbocycles. The van der Waals surface area contributed by atoms with Gasteiger partial charge in [-0.1, -0.05) is 0 Å². The lowest BCUT2D eigenvalue weighted by molar-refractivity contribution is 0.400. The van der Waals surface area contributed by atoms with Crippen LogP contribution in [0.4, 0.5) is 18.9 Å². The first-order chi connectivity index (χ1) is 15.2. The number of hydrogen-bond donors (Lipinski definition) is 1. The van der Waals surface area contributed by atoms with Crippen LogP contribution in [-0.4, -0.2) is 29.9 Å². The van der Waals surface area contributed by atoms with E-state index in [1.165, 1.54) is 37.8 Å². The van der Waals surface area contributed by atoms with Gasteiger partial charge in [-0.05, 0) is 18.2 Å². The average molecular weight is 462 g/mol. The smallest absolute Gasteiger partial charge is 0.264 e. The molecule has 0 amide bonds. The Balaban J connectivity index is 1.82. The van der Waals surface area contributed by atoms with E-state index in [2.05, 4.69) is 14.7 Å². The molecule has 0 saturated carbocycles. The van der Waals surface area contributed by atoms with E-state index in [9.17, 15) is 26.4 Å². The van der Waals surface area contributed by atoms with Crippen molar-refractivity contribution < 1.29 is 26.3 Å². The van der Waals surface area contributed by atoms with E-state index >= 15 is 0 Å². The molecule has 0 aliphatic rings. The number of hydrogen-bond acceptors (Lipinski definition) is 6. The van der Waals surface area contributed by atoms with Gasteiger partial charge in [-0.3, -0.25) is 13.9 Å². The van der Waals surface area contributed by atoms with E-state index in [0.717, 1.165) is 22.6 Å². The standard InChI is InChI=1S/C20H13F3N4O4S/c1-31-20-16(26-32(29,30)17-3-2-12(21)7-15(17)23)6-11(9-25-20)13-10-27-18(8-14(13)22)24-5-4-19(27)28/h2-10,26H,1H3. The lowest BCUT2D eigenvalue weighted by Gasteiger charge is -2.14. The molecule has 0 unspecified atom stereocenters. The Kier molecular flexibility index (Phi) is 5.30. The summed E-state index contributed by atoms with van der Waals surface area (Å²) >= 11 is 0. The minimum absolute atomic E-state index is 0.0730. The van der Waals surface area contributed by atoms with Crippen LogP contribution in [0.3, 0.4) is 0 Å². The monoisotopic (exact) mass is 462 g/mol. The number of ether oxygens (including phenoxy) is 1. The quantitative estimate of drug-likeness (QED) is 0.489. The molecular formula is C20H13F3N4O4S. The van der Waals surface area contributed by atoms with Gasteiger partial charge in [-0.25, -0.2) is 31.6 Å². The summed E-state index contributed by atoms with van der Waals surface area (Å²) in [6.07, 6.45) is 3.65. The number of fused-ring (bicyclic) bond motifs is 1. The Hall–Kier alpha value is -3.93. The molecule has 1 aromatic carbocycles. The number of methoxy groups -OCH3 is 1. The van der Waals surface area contributed by atoms with Crippen molar-refractivity contribution in [2.24, 2.45) is 0 Å². The SMILES string of the molecule is COc1ncc(-c2cn3c(=O)ccnc3cc2F)cc1NS(=O)(=O)c1ccc(F)cc1F. The van der Waals surface area contributed by atoms with Crippen molar-refractivity contribution in [1.29, 1.82) is 0 Å². The second-order valence-corrected chi connectivity index (χ2v) is 8.16. The molecule has 0 aliphatic heterocycles. The molecule has 3 heterocycles. The van der Waals surface area contributed by atoms with Crippen molar-refractivity contribution in [3.63, 3.8) is 0 Å². The van der Waals surface area contributed by atoms with Crippen LogP contribution in [0.25, 0.3) is 16.8 Å². The predicted molar refractivity (Wildman–Crippen MR) is 108 cm³/mol. The summed E-state index contributed by atoms with van der Waals surface area (Å²) in [6, 6.07) is 5.42. The third-order valence-corrected chi connectivity index (χ3v) is 5.86. The van der Waals surface area contributed by atoms with Gasteiger partial charge in [0.25, 0.3) is 15.6 Å². The number of aromatic nitrogens is 3. The maximum Gasteiger partial charge on any atom is 0.264 e. The molecule has 0 saturated heterocycles. The molecule has 0 fully saturated rings. The number of rotatable bonds is 5. The summed E-state index contributed by atoms with van der Waals surface area (Å²) in [5.41, 5.74) is -0.584. The highest BCUT2D eigenvalue weighted by Gasteiger charge is 2.22. The number of nitrogens with one attached hydrogen (secondary N) is 1. The highest BCUT2D eigenvalue weighted by Crippen LogP contribution is 2.31. The second-order valence-electron chi connectivity index (χ2n) is 6.51. The second kappa shape index (κ2) is 7.96. The van der Waals surface area contributed by atoms with Crippen molar-refractivity contribution in [1.82, 2.24) is 14.4 Å². The number of nitrogens with zero attached hydrogens (tertiary/aromatic N) is 3. The summed E-state index contributed by atoms with van der Waals surface area (Å²) in [5, 5.41) is 0. The van der Waals surface area contributed by atoms with Gasteiger partial charge in [0.05, 0.1) is 7.11 Å². The molecule has 0 spiro atoms. The maximum absolute atomic E-state index is 14.7. The first kappa shape index (κ1) is 21.3. The molecule has 8 nitrogen and oxygen atoms in total. The number of pyridine rings is 2. The largest absolute Gasteiger partial charge is 0.480 e. The molecular weight excluding hydrogens is 449 g/mol. The van der Waals surface area contributed by atoms with Crippen LogP contribution in [0.5, 0.6) is 5.88 Å². The Morgan fingerprint density at radius 1 is 1.03 bits per heavy atom. The average Bonchev–Trinajstić information content (AvgIpc) is 2.73. The Morgan fingerprint density at radius 2 is 1.81 bits per heavy atom. The van der Waals surface area contributed by atoms with Crippen LogP contribution < -0.4 is 15.0 Å². The minimum Gasteiger partial charge on any atom is -0.480 e. The van der Waals surface area contributed by atoms with Gasteiger partial charge < -0.3 is 4.74 Å². The number of halogens is 3. The Labute approximate surface area is 179 Å². The van der Waals surface area contributed by atoms with Gasteiger partial charge >= 0.3 is 0 Å². The van der Waals surface area contributed by atoms with Crippen molar-refractivity contribution in [2.75, 3.05) is 11.8 Å². The zero-order valence-electron chi connectivity index (χ0n) is 16.2. The number of sulfonamides is 1. The maximum atomic E-state index is 14.7. The first-order valence-electron chi connectivity index (χ1n) is 8.89. The van der Waals surface area contributed by atoms with Crippen molar-refractivity contribution in [2.45, 2.75) is 4.90 Å². The van der Waals surface area contributed by atoms with Crippen LogP contribution in [0.1, 0.15) is 0 Å². The predicted octanol–water partition coefficient (Wildman–Crippen LogP) is 2.98. The fourth-order valence-electron chi connectivity index (χ4n) is 2.99. The van der Waals surface area contributed by atoms with Crippen molar-refractivity contribution in [3.8, 4) is 17.0 Å². The lowest BCUT2D eigenvalue weighted by Crippen LogP contribution is -2.16. The van der Waals surface area contributed by atoms with Crippen LogP contribution in [-0.2, 0) is 10.0 Å². The van der Waals surface area contributed by atoms with Gasteiger partial charge in [-0.2, -0.15) is 0 Å². The number of benzene rings is 1. The Bertz CT molecular complexity index is 1520. The molecule has 1 N–H and O–H groups in total. The topological polar surface area (TPSA) is 103 Å². The van der Waals surface area contributed by atoms with Crippen molar-refractivity contribution in [3.05, 3.63) is 82.8 Å². The van der Waals surface area contributed by atoms with E-state index in [4.69, 9.17) is 4.74 Å². The lowest BCUT2D eigenvalue weighted by atomic mass is 10.1. The van der Waals surface area contributed by atoms with Gasteiger partial charge in [0.1, 0.15) is 33.7 Å². The van der Waals surface area contributed by atoms with Gasteiger partial charge in [0.2, 0.25) is 5.88 Å². The minimum atomic E-state index is -4.51. The zero-order chi connectivity index (χ0) is 23.0. The summed E-state index contributed by atoms with van der Waals surface area (Å²) in [6.45, 7) is 0. The normalized spacial score (nSPS) is 11.5. The summed E-state index contributed by atoms with van der Waals surface area (Å²) in [5.74, 6) is -3.17. The molecule has 164 valence electrons. The van der Waals surface area contributed by atoms with E-state index in [1.54, 1.807) is 0 Å². The van der Waals surface area contributed by atoms with Crippen molar-refractivity contribution >= 4 is 21.4 Å². The van der Waals surface area contributed by atoms with E-state index in [-0.39, 0.29) is 28.3 Å². The van der Waals surface area contributed by atoms with Crippen LogP contribution >= 0.6 is 0 Å². The zero-order valence-corrected chi connectivity index (χ0v) is 17.0. The van der Waals surface area contributed by atoms with Crippen LogP contribution in [0, 0.1) is 17.5 Å². The third kappa shape index (κ3) is 3.87. The van der Waals surface area contributed by atoms with Gasteiger partial charge in [0.15, 0.2) is 0 Å². The molecule has 32 heavy (non-hydrogen) atoms. The molecule has 4 aromatic rings. The van der Waals surface area contributed by atoms with Crippen LogP contribution in [0.2, 0.25) is 0 Å². The molecule has 0 bridgehead atoms. The highest BCUT2D eigenvalue weighted by molar-refractivity contribution is 7.92. The third-order valence-electron chi connectivity index (χ3n) is 4.46. The molecule has 0 radical (unpaired) electrons. The van der Waals surface area contributed by atoms with E-state index in [0.29, 0.717) is 6.07 Å². The molecule has 3 aromatic heterocycles. The molecule has 4 rings (SSSR count). The van der Waals surface area contributed by atoms with E-state index in [1.807, 2.05) is 0 Å². The fourth-order valence-corrected chi connectivity index (χ4v) is 4.10. The fraction of sp³-hybridized carbons (Fsp3) is 0.0500. The highest BCUT2D eigenvalue weighted by atomic mass is 32.2. The summed E-state index contributed by atoms with van der Waals surface area (Å²) in [7, 11) is -3.29. The number of anilines is 1. The summed E-state index contributed by atoms with van der Waals surface area (Å²) in [4.78, 5) is 19.1. The van der Waals surface area contributed by atoms with Crippen LogP contribution in [0.15, 0.2) is 64.7 Å². The van der Waals surface area contributed by atoms with E-state index < -0.39 is 37.9 Å².